The lowest BCUT2D eigenvalue weighted by Crippen LogP contribution is -2.45. The number of carbonyl (C=O) groups excluding carboxylic acids is 1. The highest BCUT2D eigenvalue weighted by Crippen LogP contribution is 2.37. The minimum atomic E-state index is -1.70. The van der Waals surface area contributed by atoms with Gasteiger partial charge in [-0.25, -0.2) is 4.79 Å². The van der Waals surface area contributed by atoms with Gasteiger partial charge in [0, 0.05) is 6.42 Å². The fraction of sp³-hybridized carbons (Fsp3) is 0.571. The Hall–Kier alpha value is -0.913. The molecule has 0 aliphatic carbocycles. The Kier molecular flexibility index (Phi) is 8.11. The number of rotatable bonds is 8. The van der Waals surface area contributed by atoms with Crippen LogP contribution in [0.2, 0.25) is 19.6 Å². The lowest BCUT2D eigenvalue weighted by atomic mass is 10.0. The summed E-state index contributed by atoms with van der Waals surface area (Å²) in [6, 6.07) is 10.4. The van der Waals surface area contributed by atoms with Gasteiger partial charge in [-0.3, -0.25) is 0 Å². The van der Waals surface area contributed by atoms with E-state index in [9.17, 15) is 4.79 Å². The fourth-order valence-electron chi connectivity index (χ4n) is 3.27. The highest BCUT2D eigenvalue weighted by molar-refractivity contribution is 9.11. The van der Waals surface area contributed by atoms with Crippen molar-refractivity contribution < 1.29 is 14.3 Å². The number of unbranched alkanes of at least 4 members (excludes halogenated alkanes) is 1. The monoisotopic (exact) mass is 438 g/mol. The Labute approximate surface area is 167 Å². The van der Waals surface area contributed by atoms with Crippen molar-refractivity contribution in [2.24, 2.45) is 0 Å². The van der Waals surface area contributed by atoms with Crippen LogP contribution in [0.1, 0.15) is 38.2 Å². The molecule has 144 valence electrons. The zero-order valence-electron chi connectivity index (χ0n) is 16.4. The Balaban J connectivity index is 2.11. The number of esters is 1. The van der Waals surface area contributed by atoms with Gasteiger partial charge in [0.2, 0.25) is 0 Å². The Bertz CT molecular complexity index is 622. The molecule has 0 radical (unpaired) electrons. The first kappa shape index (κ1) is 21.4. The van der Waals surface area contributed by atoms with Crippen LogP contribution in [0.3, 0.4) is 0 Å². The van der Waals surface area contributed by atoms with Crippen LogP contribution in [-0.4, -0.2) is 32.9 Å². The normalized spacial score (nSPS) is 21.0. The number of hydrogen-bond donors (Lipinski definition) is 0. The van der Waals surface area contributed by atoms with Crippen LogP contribution in [0, 0.1) is 0 Å². The van der Waals surface area contributed by atoms with Crippen LogP contribution in [0.4, 0.5) is 0 Å². The number of carbonyl (C=O) groups is 1. The Morgan fingerprint density at radius 3 is 2.58 bits per heavy atom. The number of benzene rings is 1. The maximum absolute atomic E-state index is 12.7. The molecule has 0 unspecified atom stereocenters. The molecule has 0 amide bonds. The molecule has 1 aromatic carbocycles. The van der Waals surface area contributed by atoms with Gasteiger partial charge in [0.25, 0.3) is 0 Å². The summed E-state index contributed by atoms with van der Waals surface area (Å²) in [5.74, 6) is -0.225. The van der Waals surface area contributed by atoms with Crippen LogP contribution in [-0.2, 0) is 20.7 Å². The molecule has 0 aromatic heterocycles. The number of ether oxygens (including phenoxy) is 2. The van der Waals surface area contributed by atoms with Gasteiger partial charge < -0.3 is 9.47 Å². The molecule has 1 aromatic rings. The minimum absolute atomic E-state index is 0.0356. The first-order valence-electron chi connectivity index (χ1n) is 9.58. The summed E-state index contributed by atoms with van der Waals surface area (Å²) in [4.78, 5) is 12.7. The standard InChI is InChI=1S/C21H31BrO3Si/c1-5-6-14-24-21(23)19-20(26(2,3)4)18(22)15-17(25-19)13-12-16-10-8-7-9-11-16/h7-11,17,19H,5-6,12-15H2,1-4H3/t17-,19+/m1/s1. The first-order chi connectivity index (χ1) is 12.3. The van der Waals surface area contributed by atoms with Gasteiger partial charge in [-0.15, -0.1) is 0 Å². The van der Waals surface area contributed by atoms with Crippen molar-refractivity contribution in [3.63, 3.8) is 0 Å². The van der Waals surface area contributed by atoms with Crippen LogP contribution in [0.5, 0.6) is 0 Å². The van der Waals surface area contributed by atoms with E-state index in [-0.39, 0.29) is 12.1 Å². The van der Waals surface area contributed by atoms with Crippen molar-refractivity contribution in [3.05, 3.63) is 45.6 Å². The molecule has 1 aliphatic heterocycles. The zero-order valence-corrected chi connectivity index (χ0v) is 19.0. The average Bonchev–Trinajstić information content (AvgIpc) is 2.59. The van der Waals surface area contributed by atoms with E-state index in [2.05, 4.69) is 66.8 Å². The van der Waals surface area contributed by atoms with E-state index in [1.807, 2.05) is 6.07 Å². The van der Waals surface area contributed by atoms with E-state index in [0.29, 0.717) is 6.61 Å². The van der Waals surface area contributed by atoms with Crippen molar-refractivity contribution >= 4 is 30.0 Å². The third kappa shape index (κ3) is 6.07. The maximum atomic E-state index is 12.7. The van der Waals surface area contributed by atoms with Crippen molar-refractivity contribution in [2.45, 2.75) is 70.9 Å². The second-order valence-electron chi connectivity index (χ2n) is 7.96. The zero-order chi connectivity index (χ0) is 19.2. The summed E-state index contributed by atoms with van der Waals surface area (Å²) in [7, 11) is -1.70. The van der Waals surface area contributed by atoms with Crippen molar-refractivity contribution in [2.75, 3.05) is 6.61 Å². The van der Waals surface area contributed by atoms with Crippen molar-refractivity contribution in [1.29, 1.82) is 0 Å². The molecular formula is C21H31BrO3Si. The lowest BCUT2D eigenvalue weighted by Gasteiger charge is -2.36. The number of halogens is 1. The molecule has 0 saturated carbocycles. The fourth-order valence-corrected chi connectivity index (χ4v) is 7.51. The number of aryl methyl sites for hydroxylation is 1. The van der Waals surface area contributed by atoms with E-state index >= 15 is 0 Å². The summed E-state index contributed by atoms with van der Waals surface area (Å²) in [6.07, 6.45) is 4.08. The SMILES string of the molecule is CCCCOC(=O)[C@H]1O[C@H](CCc2ccccc2)CC(Br)=C1[Si](C)(C)C. The average molecular weight is 439 g/mol. The topological polar surface area (TPSA) is 35.5 Å². The van der Waals surface area contributed by atoms with Gasteiger partial charge in [-0.2, -0.15) is 0 Å². The molecule has 2 rings (SSSR count). The highest BCUT2D eigenvalue weighted by Gasteiger charge is 2.40. The first-order valence-corrected chi connectivity index (χ1v) is 13.9. The molecule has 0 spiro atoms. The minimum Gasteiger partial charge on any atom is -0.464 e. The van der Waals surface area contributed by atoms with E-state index < -0.39 is 14.2 Å². The highest BCUT2D eigenvalue weighted by atomic mass is 79.9. The van der Waals surface area contributed by atoms with E-state index in [0.717, 1.165) is 41.8 Å². The molecule has 1 aliphatic rings. The van der Waals surface area contributed by atoms with Crippen LogP contribution >= 0.6 is 15.9 Å². The van der Waals surface area contributed by atoms with Gasteiger partial charge >= 0.3 is 5.97 Å². The van der Waals surface area contributed by atoms with Crippen LogP contribution < -0.4 is 0 Å². The molecule has 26 heavy (non-hydrogen) atoms. The Morgan fingerprint density at radius 1 is 1.27 bits per heavy atom. The number of hydrogen-bond acceptors (Lipinski definition) is 3. The summed E-state index contributed by atoms with van der Waals surface area (Å²) < 4.78 is 12.9. The van der Waals surface area contributed by atoms with E-state index in [1.165, 1.54) is 5.56 Å². The second-order valence-corrected chi connectivity index (χ2v) is 14.0. The molecule has 0 bridgehead atoms. The summed E-state index contributed by atoms with van der Waals surface area (Å²) in [5, 5.41) is 1.15. The predicted octanol–water partition coefficient (Wildman–Crippen LogP) is 5.65. The Morgan fingerprint density at radius 2 is 1.96 bits per heavy atom. The molecule has 0 saturated heterocycles. The van der Waals surface area contributed by atoms with Gasteiger partial charge in [-0.1, -0.05) is 79.2 Å². The molecular weight excluding hydrogens is 408 g/mol. The van der Waals surface area contributed by atoms with Crippen LogP contribution in [0.15, 0.2) is 40.0 Å². The molecule has 0 N–H and O–H groups in total. The summed E-state index contributed by atoms with van der Waals surface area (Å²) >= 11 is 3.77. The maximum Gasteiger partial charge on any atom is 0.339 e. The van der Waals surface area contributed by atoms with E-state index in [4.69, 9.17) is 9.47 Å². The van der Waals surface area contributed by atoms with Crippen LogP contribution in [0.25, 0.3) is 0 Å². The smallest absolute Gasteiger partial charge is 0.339 e. The quantitative estimate of drug-likeness (QED) is 0.299. The summed E-state index contributed by atoms with van der Waals surface area (Å²) in [6.45, 7) is 9.33. The van der Waals surface area contributed by atoms with E-state index in [1.54, 1.807) is 0 Å². The lowest BCUT2D eigenvalue weighted by molar-refractivity contribution is -0.158. The predicted molar refractivity (Wildman–Crippen MR) is 113 cm³/mol. The van der Waals surface area contributed by atoms with Gasteiger partial charge in [0.05, 0.1) is 20.8 Å². The van der Waals surface area contributed by atoms with Crippen molar-refractivity contribution in [3.8, 4) is 0 Å². The molecule has 0 fully saturated rings. The van der Waals surface area contributed by atoms with Crippen molar-refractivity contribution in [1.82, 2.24) is 0 Å². The second kappa shape index (κ2) is 9.86. The summed E-state index contributed by atoms with van der Waals surface area (Å²) in [5.41, 5.74) is 1.30. The molecule has 3 nitrogen and oxygen atoms in total. The third-order valence-corrected chi connectivity index (χ3v) is 7.95. The van der Waals surface area contributed by atoms with Gasteiger partial charge in [0.1, 0.15) is 0 Å². The van der Waals surface area contributed by atoms with Gasteiger partial charge in [0.15, 0.2) is 6.10 Å². The third-order valence-electron chi connectivity index (χ3n) is 4.65. The van der Waals surface area contributed by atoms with Gasteiger partial charge in [-0.05, 0) is 34.5 Å². The molecule has 2 atom stereocenters. The molecule has 5 heteroatoms. The molecule has 1 heterocycles. The largest absolute Gasteiger partial charge is 0.464 e.